The molecule has 2 aromatic carbocycles. The maximum absolute atomic E-state index is 5.88. The molecule has 4 heteroatoms. The first-order valence-electron chi connectivity index (χ1n) is 7.03. The fourth-order valence-electron chi connectivity index (χ4n) is 2.11. The van der Waals surface area contributed by atoms with Crippen molar-refractivity contribution < 1.29 is 4.74 Å². The van der Waals surface area contributed by atoms with E-state index in [4.69, 9.17) is 22.1 Å². The molecule has 0 aliphatic carbocycles. The molecule has 0 saturated heterocycles. The van der Waals surface area contributed by atoms with Gasteiger partial charge in [0.2, 0.25) is 0 Å². The first-order chi connectivity index (χ1) is 10.2. The Kier molecular flexibility index (Phi) is 6.05. The maximum Gasteiger partial charge on any atom is 0.123 e. The molecule has 0 unspecified atom stereocenters. The fourth-order valence-corrected chi connectivity index (χ4v) is 2.23. The van der Waals surface area contributed by atoms with Crippen LogP contribution in [0.5, 0.6) is 5.75 Å². The number of hydrogen-bond acceptors (Lipinski definition) is 3. The molecule has 0 saturated carbocycles. The van der Waals surface area contributed by atoms with Crippen molar-refractivity contribution >= 4 is 11.6 Å². The van der Waals surface area contributed by atoms with Crippen molar-refractivity contribution in [3.05, 3.63) is 64.7 Å². The number of rotatable bonds is 7. The van der Waals surface area contributed by atoms with Crippen LogP contribution in [0.15, 0.2) is 48.5 Å². The van der Waals surface area contributed by atoms with Crippen LogP contribution in [0.25, 0.3) is 0 Å². The summed E-state index contributed by atoms with van der Waals surface area (Å²) in [5, 5.41) is 0.767. The standard InChI is InChI=1S/C17H21ClN2O/c1-20(13-14-6-8-16(18)9-7-14)10-11-21-17-5-3-2-4-15(17)12-19/h2-9H,10-13,19H2,1H3. The second-order valence-electron chi connectivity index (χ2n) is 5.02. The third-order valence-corrected chi connectivity index (χ3v) is 3.54. The van der Waals surface area contributed by atoms with Gasteiger partial charge in [0.15, 0.2) is 0 Å². The molecule has 21 heavy (non-hydrogen) atoms. The Morgan fingerprint density at radius 2 is 1.81 bits per heavy atom. The van der Waals surface area contributed by atoms with E-state index in [1.165, 1.54) is 5.56 Å². The first kappa shape index (κ1) is 15.8. The Hall–Kier alpha value is -1.55. The summed E-state index contributed by atoms with van der Waals surface area (Å²) in [6.45, 7) is 2.86. The van der Waals surface area contributed by atoms with Crippen molar-refractivity contribution in [2.24, 2.45) is 5.73 Å². The van der Waals surface area contributed by atoms with E-state index in [-0.39, 0.29) is 0 Å². The summed E-state index contributed by atoms with van der Waals surface area (Å²) in [6.07, 6.45) is 0. The Morgan fingerprint density at radius 3 is 2.52 bits per heavy atom. The average Bonchev–Trinajstić information content (AvgIpc) is 2.50. The van der Waals surface area contributed by atoms with Crippen LogP contribution in [-0.2, 0) is 13.1 Å². The van der Waals surface area contributed by atoms with Crippen LogP contribution in [-0.4, -0.2) is 25.1 Å². The molecule has 0 atom stereocenters. The zero-order valence-electron chi connectivity index (χ0n) is 12.3. The molecule has 2 aromatic rings. The fraction of sp³-hybridized carbons (Fsp3) is 0.294. The number of likely N-dealkylation sites (N-methyl/N-ethyl adjacent to an activating group) is 1. The topological polar surface area (TPSA) is 38.5 Å². The van der Waals surface area contributed by atoms with E-state index < -0.39 is 0 Å². The molecule has 0 aromatic heterocycles. The molecule has 2 rings (SSSR count). The van der Waals surface area contributed by atoms with Gasteiger partial charge in [-0.15, -0.1) is 0 Å². The molecule has 0 bridgehead atoms. The van der Waals surface area contributed by atoms with E-state index in [9.17, 15) is 0 Å². The van der Waals surface area contributed by atoms with Gasteiger partial charge in [0.25, 0.3) is 0 Å². The van der Waals surface area contributed by atoms with Crippen molar-refractivity contribution in [3.8, 4) is 5.75 Å². The van der Waals surface area contributed by atoms with Crippen LogP contribution in [0.3, 0.4) is 0 Å². The van der Waals surface area contributed by atoms with E-state index in [0.717, 1.165) is 29.4 Å². The highest BCUT2D eigenvalue weighted by molar-refractivity contribution is 6.30. The monoisotopic (exact) mass is 304 g/mol. The molecule has 0 fully saturated rings. The number of ether oxygens (including phenoxy) is 1. The summed E-state index contributed by atoms with van der Waals surface area (Å²) in [5.41, 5.74) is 7.98. The molecule has 0 heterocycles. The van der Waals surface area contributed by atoms with Gasteiger partial charge >= 0.3 is 0 Å². The lowest BCUT2D eigenvalue weighted by atomic mass is 10.2. The van der Waals surface area contributed by atoms with Crippen molar-refractivity contribution in [1.82, 2.24) is 4.90 Å². The predicted octanol–water partition coefficient (Wildman–Crippen LogP) is 3.31. The molecule has 0 radical (unpaired) electrons. The summed E-state index contributed by atoms with van der Waals surface area (Å²) in [4.78, 5) is 2.22. The van der Waals surface area contributed by atoms with Gasteiger partial charge in [0.1, 0.15) is 12.4 Å². The van der Waals surface area contributed by atoms with Crippen LogP contribution >= 0.6 is 11.6 Å². The van der Waals surface area contributed by atoms with Gasteiger partial charge in [-0.1, -0.05) is 41.9 Å². The molecule has 0 amide bonds. The number of para-hydroxylation sites is 1. The van der Waals surface area contributed by atoms with Crippen LogP contribution in [0.4, 0.5) is 0 Å². The SMILES string of the molecule is CN(CCOc1ccccc1CN)Cc1ccc(Cl)cc1. The minimum absolute atomic E-state index is 0.497. The molecule has 3 nitrogen and oxygen atoms in total. The van der Waals surface area contributed by atoms with Crippen LogP contribution in [0, 0.1) is 0 Å². The average molecular weight is 305 g/mol. The lowest BCUT2D eigenvalue weighted by molar-refractivity contribution is 0.231. The molecule has 0 aliphatic heterocycles. The smallest absolute Gasteiger partial charge is 0.123 e. The third kappa shape index (κ3) is 5.05. The van der Waals surface area contributed by atoms with Gasteiger partial charge in [-0.05, 0) is 30.8 Å². The van der Waals surface area contributed by atoms with Gasteiger partial charge < -0.3 is 10.5 Å². The minimum Gasteiger partial charge on any atom is -0.492 e. The van der Waals surface area contributed by atoms with E-state index >= 15 is 0 Å². The molecule has 0 spiro atoms. The summed E-state index contributed by atoms with van der Waals surface area (Å²) in [5.74, 6) is 0.875. The van der Waals surface area contributed by atoms with Gasteiger partial charge in [-0.3, -0.25) is 4.90 Å². The van der Waals surface area contributed by atoms with E-state index in [1.807, 2.05) is 48.5 Å². The largest absolute Gasteiger partial charge is 0.492 e. The zero-order chi connectivity index (χ0) is 15.1. The maximum atomic E-state index is 5.88. The number of benzene rings is 2. The van der Waals surface area contributed by atoms with Gasteiger partial charge in [-0.2, -0.15) is 0 Å². The van der Waals surface area contributed by atoms with Crippen molar-refractivity contribution in [2.45, 2.75) is 13.1 Å². The Bertz CT molecular complexity index is 557. The molecular weight excluding hydrogens is 284 g/mol. The highest BCUT2D eigenvalue weighted by Crippen LogP contribution is 2.17. The van der Waals surface area contributed by atoms with E-state index in [0.29, 0.717) is 13.2 Å². The summed E-state index contributed by atoms with van der Waals surface area (Å²) >= 11 is 5.88. The number of halogens is 1. The second kappa shape index (κ2) is 8.03. The number of nitrogens with two attached hydrogens (primary N) is 1. The zero-order valence-corrected chi connectivity index (χ0v) is 13.0. The number of hydrogen-bond donors (Lipinski definition) is 1. The van der Waals surface area contributed by atoms with Gasteiger partial charge in [0.05, 0.1) is 0 Å². The molecule has 2 N–H and O–H groups in total. The highest BCUT2D eigenvalue weighted by Gasteiger charge is 2.03. The normalized spacial score (nSPS) is 10.9. The van der Waals surface area contributed by atoms with Crippen LogP contribution < -0.4 is 10.5 Å². The Labute approximate surface area is 131 Å². The lowest BCUT2D eigenvalue weighted by Crippen LogP contribution is -2.24. The number of nitrogens with zero attached hydrogens (tertiary/aromatic N) is 1. The van der Waals surface area contributed by atoms with Crippen molar-refractivity contribution in [1.29, 1.82) is 0 Å². The van der Waals surface area contributed by atoms with E-state index in [1.54, 1.807) is 0 Å². The molecule has 0 aliphatic rings. The summed E-state index contributed by atoms with van der Waals surface area (Å²) < 4.78 is 5.81. The Balaban J connectivity index is 1.79. The second-order valence-corrected chi connectivity index (χ2v) is 5.46. The van der Waals surface area contributed by atoms with Gasteiger partial charge in [0, 0.05) is 30.2 Å². The Morgan fingerprint density at radius 1 is 1.10 bits per heavy atom. The highest BCUT2D eigenvalue weighted by atomic mass is 35.5. The quantitative estimate of drug-likeness (QED) is 0.853. The van der Waals surface area contributed by atoms with Crippen LogP contribution in [0.1, 0.15) is 11.1 Å². The first-order valence-corrected chi connectivity index (χ1v) is 7.40. The third-order valence-electron chi connectivity index (χ3n) is 3.29. The minimum atomic E-state index is 0.497. The molecular formula is C17H21ClN2O. The van der Waals surface area contributed by atoms with Crippen molar-refractivity contribution in [3.63, 3.8) is 0 Å². The lowest BCUT2D eigenvalue weighted by Gasteiger charge is -2.18. The predicted molar refractivity (Wildman–Crippen MR) is 87.6 cm³/mol. The summed E-state index contributed by atoms with van der Waals surface area (Å²) in [7, 11) is 2.08. The van der Waals surface area contributed by atoms with Gasteiger partial charge in [-0.25, -0.2) is 0 Å². The molecule has 112 valence electrons. The van der Waals surface area contributed by atoms with Crippen LogP contribution in [0.2, 0.25) is 5.02 Å². The van der Waals surface area contributed by atoms with E-state index in [2.05, 4.69) is 11.9 Å². The van der Waals surface area contributed by atoms with Crippen molar-refractivity contribution in [2.75, 3.05) is 20.2 Å². The summed E-state index contributed by atoms with van der Waals surface area (Å²) in [6, 6.07) is 15.8.